The molecule has 0 aromatic rings. The first-order valence-electron chi connectivity index (χ1n) is 25.8. The maximum Gasteiger partial charge on any atom is 0.472 e. The van der Waals surface area contributed by atoms with Crippen LogP contribution in [0.15, 0.2) is 60.8 Å². The Bertz CT molecular complexity index is 1250. The SMILES string of the molecule is CC/C=C\C/C=C\C/C=C\C/C=C\C/C=C\CCCCCCCCCC(=O)OC(COCCCCCCCCCCCCCCCCCCCCC)COP(=O)(O)OCC(N)C(=O)O. The molecule has 4 N–H and O–H groups in total. The molecule has 3 unspecified atom stereocenters. The van der Waals surface area contributed by atoms with E-state index in [-0.39, 0.29) is 13.0 Å². The molecule has 0 saturated heterocycles. The van der Waals surface area contributed by atoms with Crippen molar-refractivity contribution in [3.05, 3.63) is 60.8 Å². The molecule has 0 aromatic carbocycles. The predicted molar refractivity (Wildman–Crippen MR) is 267 cm³/mol. The summed E-state index contributed by atoms with van der Waals surface area (Å²) >= 11 is 0. The number of rotatable bonds is 49. The van der Waals surface area contributed by atoms with E-state index in [1.165, 1.54) is 122 Å². The third-order valence-electron chi connectivity index (χ3n) is 11.1. The summed E-state index contributed by atoms with van der Waals surface area (Å²) in [4.78, 5) is 33.7. The van der Waals surface area contributed by atoms with Crippen LogP contribution in [0.5, 0.6) is 0 Å². The van der Waals surface area contributed by atoms with Crippen LogP contribution >= 0.6 is 7.82 Å². The van der Waals surface area contributed by atoms with E-state index < -0.39 is 45.1 Å². The molecule has 0 aliphatic rings. The van der Waals surface area contributed by atoms with Crippen molar-refractivity contribution in [2.24, 2.45) is 5.73 Å². The Balaban J connectivity index is 4.16. The number of carbonyl (C=O) groups is 2. The van der Waals surface area contributed by atoms with Gasteiger partial charge in [0.1, 0.15) is 12.1 Å². The Morgan fingerprint density at radius 3 is 1.36 bits per heavy atom. The van der Waals surface area contributed by atoms with Gasteiger partial charge < -0.3 is 25.2 Å². The lowest BCUT2D eigenvalue weighted by Gasteiger charge is -2.20. The molecule has 0 radical (unpaired) electrons. The Kier molecular flexibility index (Phi) is 46.8. The first-order chi connectivity index (χ1) is 31.2. The van der Waals surface area contributed by atoms with Crippen LogP contribution in [0.25, 0.3) is 0 Å². The molecule has 0 saturated carbocycles. The number of carboxylic acids is 1. The first-order valence-corrected chi connectivity index (χ1v) is 27.3. The van der Waals surface area contributed by atoms with Gasteiger partial charge in [0, 0.05) is 13.0 Å². The zero-order valence-corrected chi connectivity index (χ0v) is 41.8. The number of allylic oxidation sites excluding steroid dienone is 10. The van der Waals surface area contributed by atoms with Crippen molar-refractivity contribution < 1.29 is 42.7 Å². The van der Waals surface area contributed by atoms with Gasteiger partial charge in [0.15, 0.2) is 0 Å². The van der Waals surface area contributed by atoms with Gasteiger partial charge in [-0.05, 0) is 57.8 Å². The summed E-state index contributed by atoms with van der Waals surface area (Å²) in [6.45, 7) is 3.79. The molecule has 10 nitrogen and oxygen atoms in total. The number of unbranched alkanes of at least 4 members (excludes halogenated alkanes) is 25. The minimum Gasteiger partial charge on any atom is -0.480 e. The second-order valence-corrected chi connectivity index (χ2v) is 18.7. The Morgan fingerprint density at radius 2 is 0.906 bits per heavy atom. The molecule has 3 atom stereocenters. The number of aliphatic carboxylic acids is 1. The van der Waals surface area contributed by atoms with Crippen molar-refractivity contribution in [3.8, 4) is 0 Å². The molecule has 0 fully saturated rings. The van der Waals surface area contributed by atoms with Crippen LogP contribution in [0, 0.1) is 0 Å². The van der Waals surface area contributed by atoms with Crippen molar-refractivity contribution in [1.82, 2.24) is 0 Å². The fourth-order valence-electron chi connectivity index (χ4n) is 7.10. The monoisotopic (exact) mass is 922 g/mol. The summed E-state index contributed by atoms with van der Waals surface area (Å²) in [5.74, 6) is -1.79. The van der Waals surface area contributed by atoms with E-state index in [4.69, 9.17) is 29.4 Å². The molecule has 0 spiro atoms. The summed E-state index contributed by atoms with van der Waals surface area (Å²) in [6.07, 6.45) is 59.9. The zero-order valence-electron chi connectivity index (χ0n) is 40.9. The van der Waals surface area contributed by atoms with Crippen LogP contribution in [0.1, 0.15) is 226 Å². The van der Waals surface area contributed by atoms with Crippen LogP contribution in [0.3, 0.4) is 0 Å². The number of carbonyl (C=O) groups excluding carboxylic acids is 1. The van der Waals surface area contributed by atoms with Crippen molar-refractivity contribution in [2.75, 3.05) is 26.4 Å². The molecule has 0 amide bonds. The number of hydrogen-bond acceptors (Lipinski definition) is 8. The van der Waals surface area contributed by atoms with Gasteiger partial charge in [-0.25, -0.2) is 4.57 Å². The summed E-state index contributed by atoms with van der Waals surface area (Å²) < 4.78 is 33.5. The van der Waals surface area contributed by atoms with Crippen LogP contribution in [-0.4, -0.2) is 60.5 Å². The lowest BCUT2D eigenvalue weighted by atomic mass is 10.0. The van der Waals surface area contributed by atoms with Gasteiger partial charge in [0.05, 0.1) is 19.8 Å². The fraction of sp³-hybridized carbons (Fsp3) is 0.774. The molecular weight excluding hydrogens is 826 g/mol. The second kappa shape index (κ2) is 48.6. The third-order valence-corrected chi connectivity index (χ3v) is 12.0. The van der Waals surface area contributed by atoms with Crippen LogP contribution in [0.2, 0.25) is 0 Å². The quantitative estimate of drug-likeness (QED) is 0.0232. The lowest BCUT2D eigenvalue weighted by molar-refractivity contribution is -0.154. The number of hydrogen-bond donors (Lipinski definition) is 3. The number of ether oxygens (including phenoxy) is 2. The third kappa shape index (κ3) is 47.6. The van der Waals surface area contributed by atoms with Crippen molar-refractivity contribution in [2.45, 2.75) is 238 Å². The molecule has 0 aliphatic carbocycles. The molecule has 0 heterocycles. The molecular formula is C53H96NO9P. The molecule has 0 aromatic heterocycles. The summed E-state index contributed by atoms with van der Waals surface area (Å²) in [6, 6.07) is -1.48. The summed E-state index contributed by atoms with van der Waals surface area (Å²) in [5, 5.41) is 8.93. The molecule has 0 rings (SSSR count). The number of nitrogens with two attached hydrogens (primary N) is 1. The first kappa shape index (κ1) is 61.7. The maximum atomic E-state index is 12.7. The molecule has 372 valence electrons. The number of phosphoric acid groups is 1. The molecule has 0 aliphatic heterocycles. The average Bonchev–Trinajstić information content (AvgIpc) is 3.28. The molecule has 64 heavy (non-hydrogen) atoms. The number of esters is 1. The van der Waals surface area contributed by atoms with E-state index in [9.17, 15) is 19.0 Å². The van der Waals surface area contributed by atoms with Crippen molar-refractivity contribution in [3.63, 3.8) is 0 Å². The van der Waals surface area contributed by atoms with Crippen LogP contribution < -0.4 is 5.73 Å². The summed E-state index contributed by atoms with van der Waals surface area (Å²) in [7, 11) is -4.63. The Hall–Kier alpha value is -2.33. The smallest absolute Gasteiger partial charge is 0.472 e. The number of phosphoric ester groups is 1. The number of carboxylic acid groups (broad SMARTS) is 1. The highest BCUT2D eigenvalue weighted by molar-refractivity contribution is 7.47. The van der Waals surface area contributed by atoms with Gasteiger partial charge in [0.2, 0.25) is 0 Å². The van der Waals surface area contributed by atoms with E-state index in [2.05, 4.69) is 74.6 Å². The largest absolute Gasteiger partial charge is 0.480 e. The van der Waals surface area contributed by atoms with Gasteiger partial charge in [-0.2, -0.15) is 0 Å². The topological polar surface area (TPSA) is 155 Å². The van der Waals surface area contributed by atoms with E-state index in [1.54, 1.807) is 0 Å². The highest BCUT2D eigenvalue weighted by Crippen LogP contribution is 2.43. The zero-order chi connectivity index (χ0) is 46.9. The maximum absolute atomic E-state index is 12.7. The summed E-state index contributed by atoms with van der Waals surface area (Å²) in [5.41, 5.74) is 5.38. The standard InChI is InChI=1S/C53H96NO9P/c1-3-5-7-9-11-13-15-17-19-21-23-24-25-26-27-29-31-33-35-37-39-41-43-45-52(55)63-50(48-61-64(58,59)62-49-51(54)53(56)57)47-60-46-44-42-40-38-36-34-32-30-28-22-20-18-16-14-12-10-8-6-4-2/h5,7,11,13,17,19,23-24,26-27,50-51H,3-4,6,8-10,12,14-16,18,20-22,25,28-49,54H2,1-2H3,(H,56,57)(H,58,59)/b7-5-,13-11-,19-17-,24-23-,27-26-. The highest BCUT2D eigenvalue weighted by Gasteiger charge is 2.27. The minimum atomic E-state index is -4.63. The molecule has 11 heteroatoms. The normalized spacial score (nSPS) is 14.2. The average molecular weight is 922 g/mol. The van der Waals surface area contributed by atoms with Crippen molar-refractivity contribution >= 4 is 19.8 Å². The highest BCUT2D eigenvalue weighted by atomic mass is 31.2. The lowest BCUT2D eigenvalue weighted by Crippen LogP contribution is -2.34. The Labute approximate surface area is 392 Å². The second-order valence-electron chi connectivity index (χ2n) is 17.3. The fourth-order valence-corrected chi connectivity index (χ4v) is 7.88. The van der Waals surface area contributed by atoms with E-state index >= 15 is 0 Å². The van der Waals surface area contributed by atoms with Gasteiger partial charge in [0.25, 0.3) is 0 Å². The van der Waals surface area contributed by atoms with E-state index in [0.717, 1.165) is 77.0 Å². The van der Waals surface area contributed by atoms with E-state index in [1.807, 2.05) is 0 Å². The van der Waals surface area contributed by atoms with Crippen LogP contribution in [-0.2, 0) is 32.7 Å². The Morgan fingerprint density at radius 1 is 0.516 bits per heavy atom. The van der Waals surface area contributed by atoms with Gasteiger partial charge in [-0.1, -0.05) is 222 Å². The molecule has 0 bridgehead atoms. The van der Waals surface area contributed by atoms with Crippen LogP contribution in [0.4, 0.5) is 0 Å². The van der Waals surface area contributed by atoms with Gasteiger partial charge in [-0.3, -0.25) is 18.6 Å². The van der Waals surface area contributed by atoms with Gasteiger partial charge >= 0.3 is 19.8 Å². The van der Waals surface area contributed by atoms with Gasteiger partial charge in [-0.15, -0.1) is 0 Å². The van der Waals surface area contributed by atoms with Crippen molar-refractivity contribution in [1.29, 1.82) is 0 Å². The predicted octanol–water partition coefficient (Wildman–Crippen LogP) is 15.2. The minimum absolute atomic E-state index is 0.0129. The van der Waals surface area contributed by atoms with E-state index in [0.29, 0.717) is 13.0 Å².